The Balaban J connectivity index is 2.13. The summed E-state index contributed by atoms with van der Waals surface area (Å²) in [6.45, 7) is 3.65. The monoisotopic (exact) mass is 238 g/mol. The maximum Gasteiger partial charge on any atom is 0.401 e. The van der Waals surface area contributed by atoms with E-state index >= 15 is 0 Å². The minimum Gasteiger partial charge on any atom is -0.317 e. The number of halogens is 3. The summed E-state index contributed by atoms with van der Waals surface area (Å²) in [6, 6.07) is 0.188. The summed E-state index contributed by atoms with van der Waals surface area (Å²) in [5.74, 6) is 0. The number of hydrogen-bond acceptors (Lipinski definition) is 2. The first-order chi connectivity index (χ1) is 7.53. The standard InChI is InChI=1S/C11H21F3N2/c1-2-6-15-7-3-8-16(10-4-5-10)9-11(12,13)14/h10,15H,2-9H2,1H3. The van der Waals surface area contributed by atoms with Crippen molar-refractivity contribution in [1.82, 2.24) is 10.2 Å². The van der Waals surface area contributed by atoms with Gasteiger partial charge in [-0.05, 0) is 45.3 Å². The van der Waals surface area contributed by atoms with Gasteiger partial charge in [0.1, 0.15) is 0 Å². The normalized spacial score (nSPS) is 17.1. The Morgan fingerprint density at radius 3 is 2.44 bits per heavy atom. The molecule has 96 valence electrons. The summed E-state index contributed by atoms with van der Waals surface area (Å²) in [5, 5.41) is 3.20. The molecule has 0 spiro atoms. The Bertz CT molecular complexity index is 190. The number of nitrogens with one attached hydrogen (secondary N) is 1. The fraction of sp³-hybridized carbons (Fsp3) is 1.00. The van der Waals surface area contributed by atoms with Crippen LogP contribution in [0.2, 0.25) is 0 Å². The summed E-state index contributed by atoms with van der Waals surface area (Å²) < 4.78 is 36.8. The van der Waals surface area contributed by atoms with Crippen molar-refractivity contribution in [2.24, 2.45) is 0 Å². The third-order valence-electron chi connectivity index (χ3n) is 2.67. The molecule has 0 saturated heterocycles. The van der Waals surface area contributed by atoms with Crippen LogP contribution < -0.4 is 5.32 Å². The topological polar surface area (TPSA) is 15.3 Å². The molecule has 0 unspecified atom stereocenters. The van der Waals surface area contributed by atoms with Gasteiger partial charge in [-0.25, -0.2) is 0 Å². The van der Waals surface area contributed by atoms with Crippen molar-refractivity contribution in [3.63, 3.8) is 0 Å². The molecule has 1 aliphatic carbocycles. The van der Waals surface area contributed by atoms with Gasteiger partial charge < -0.3 is 5.32 Å². The fourth-order valence-corrected chi connectivity index (χ4v) is 1.77. The molecular weight excluding hydrogens is 217 g/mol. The first kappa shape index (κ1) is 13.8. The Morgan fingerprint density at radius 2 is 1.94 bits per heavy atom. The number of alkyl halides is 3. The van der Waals surface area contributed by atoms with Gasteiger partial charge in [0, 0.05) is 6.04 Å². The van der Waals surface area contributed by atoms with Crippen molar-refractivity contribution in [3.8, 4) is 0 Å². The zero-order valence-corrected chi connectivity index (χ0v) is 9.82. The minimum absolute atomic E-state index is 0.188. The van der Waals surface area contributed by atoms with E-state index in [-0.39, 0.29) is 6.04 Å². The van der Waals surface area contributed by atoms with E-state index in [4.69, 9.17) is 0 Å². The first-order valence-electron chi connectivity index (χ1n) is 6.04. The van der Waals surface area contributed by atoms with Gasteiger partial charge in [-0.15, -0.1) is 0 Å². The van der Waals surface area contributed by atoms with Crippen LogP contribution in [0.15, 0.2) is 0 Å². The zero-order chi connectivity index (χ0) is 12.0. The van der Waals surface area contributed by atoms with Gasteiger partial charge in [0.05, 0.1) is 6.54 Å². The van der Waals surface area contributed by atoms with E-state index in [0.717, 1.165) is 38.8 Å². The average Bonchev–Trinajstić information content (AvgIpc) is 2.97. The molecule has 1 saturated carbocycles. The highest BCUT2D eigenvalue weighted by atomic mass is 19.4. The zero-order valence-electron chi connectivity index (χ0n) is 9.82. The van der Waals surface area contributed by atoms with E-state index in [1.807, 2.05) is 0 Å². The molecule has 1 fully saturated rings. The third-order valence-corrected chi connectivity index (χ3v) is 2.67. The molecule has 1 aliphatic rings. The van der Waals surface area contributed by atoms with Crippen LogP contribution in [0.4, 0.5) is 13.2 Å². The molecule has 0 amide bonds. The van der Waals surface area contributed by atoms with Gasteiger partial charge in [0.15, 0.2) is 0 Å². The highest BCUT2D eigenvalue weighted by molar-refractivity contribution is 4.85. The highest BCUT2D eigenvalue weighted by Crippen LogP contribution is 2.29. The van der Waals surface area contributed by atoms with Crippen LogP contribution in [0.5, 0.6) is 0 Å². The lowest BCUT2D eigenvalue weighted by molar-refractivity contribution is -0.147. The molecule has 0 radical (unpaired) electrons. The van der Waals surface area contributed by atoms with Crippen LogP contribution in [-0.4, -0.2) is 43.3 Å². The van der Waals surface area contributed by atoms with Crippen LogP contribution in [0.3, 0.4) is 0 Å². The van der Waals surface area contributed by atoms with E-state index < -0.39 is 12.7 Å². The van der Waals surface area contributed by atoms with E-state index in [1.54, 1.807) is 4.90 Å². The first-order valence-corrected chi connectivity index (χ1v) is 6.04. The Hall–Kier alpha value is -0.290. The van der Waals surface area contributed by atoms with Crippen molar-refractivity contribution in [2.75, 3.05) is 26.2 Å². The fourth-order valence-electron chi connectivity index (χ4n) is 1.77. The molecule has 0 atom stereocenters. The lowest BCUT2D eigenvalue weighted by Gasteiger charge is -2.23. The van der Waals surface area contributed by atoms with Crippen LogP contribution >= 0.6 is 0 Å². The Kier molecular flexibility index (Phi) is 5.55. The molecular formula is C11H21F3N2. The van der Waals surface area contributed by atoms with Crippen molar-refractivity contribution >= 4 is 0 Å². The van der Waals surface area contributed by atoms with Gasteiger partial charge in [0.25, 0.3) is 0 Å². The molecule has 0 aromatic heterocycles. The molecule has 0 aromatic carbocycles. The van der Waals surface area contributed by atoms with Crippen LogP contribution in [0, 0.1) is 0 Å². The second-order valence-corrected chi connectivity index (χ2v) is 4.42. The molecule has 5 heteroatoms. The minimum atomic E-state index is -4.06. The van der Waals surface area contributed by atoms with E-state index in [0.29, 0.717) is 6.54 Å². The summed E-state index contributed by atoms with van der Waals surface area (Å²) in [4.78, 5) is 1.58. The summed E-state index contributed by atoms with van der Waals surface area (Å²) in [7, 11) is 0. The Labute approximate surface area is 95.2 Å². The SMILES string of the molecule is CCCNCCCN(CC(F)(F)F)C1CC1. The van der Waals surface area contributed by atoms with E-state index in [1.165, 1.54) is 0 Å². The number of rotatable bonds is 8. The molecule has 0 bridgehead atoms. The summed E-state index contributed by atoms with van der Waals surface area (Å²) in [6.07, 6.45) is -0.335. The van der Waals surface area contributed by atoms with Gasteiger partial charge in [-0.3, -0.25) is 4.90 Å². The predicted octanol–water partition coefficient (Wildman–Crippen LogP) is 2.40. The molecule has 0 aliphatic heterocycles. The highest BCUT2D eigenvalue weighted by Gasteiger charge is 2.37. The molecule has 1 N–H and O–H groups in total. The van der Waals surface area contributed by atoms with Crippen LogP contribution in [-0.2, 0) is 0 Å². The molecule has 16 heavy (non-hydrogen) atoms. The molecule has 0 aromatic rings. The van der Waals surface area contributed by atoms with Crippen molar-refractivity contribution in [3.05, 3.63) is 0 Å². The lowest BCUT2D eigenvalue weighted by atomic mass is 10.3. The number of nitrogens with zero attached hydrogens (tertiary/aromatic N) is 1. The van der Waals surface area contributed by atoms with Gasteiger partial charge in [-0.1, -0.05) is 6.92 Å². The average molecular weight is 238 g/mol. The largest absolute Gasteiger partial charge is 0.401 e. The van der Waals surface area contributed by atoms with E-state index in [2.05, 4.69) is 12.2 Å². The molecule has 1 rings (SSSR count). The van der Waals surface area contributed by atoms with Gasteiger partial charge in [-0.2, -0.15) is 13.2 Å². The third kappa shape index (κ3) is 6.33. The van der Waals surface area contributed by atoms with Crippen LogP contribution in [0.25, 0.3) is 0 Å². The second-order valence-electron chi connectivity index (χ2n) is 4.42. The maximum atomic E-state index is 12.3. The maximum absolute atomic E-state index is 12.3. The molecule has 2 nitrogen and oxygen atoms in total. The smallest absolute Gasteiger partial charge is 0.317 e. The molecule has 0 heterocycles. The summed E-state index contributed by atoms with van der Waals surface area (Å²) >= 11 is 0. The van der Waals surface area contributed by atoms with Gasteiger partial charge in [0.2, 0.25) is 0 Å². The van der Waals surface area contributed by atoms with Gasteiger partial charge >= 0.3 is 6.18 Å². The van der Waals surface area contributed by atoms with Crippen molar-refractivity contribution in [1.29, 1.82) is 0 Å². The quantitative estimate of drug-likeness (QED) is 0.653. The summed E-state index contributed by atoms with van der Waals surface area (Å²) in [5.41, 5.74) is 0. The van der Waals surface area contributed by atoms with Crippen molar-refractivity contribution in [2.45, 2.75) is 44.8 Å². The lowest BCUT2D eigenvalue weighted by Crippen LogP contribution is -2.37. The Morgan fingerprint density at radius 1 is 1.25 bits per heavy atom. The number of hydrogen-bond donors (Lipinski definition) is 1. The van der Waals surface area contributed by atoms with E-state index in [9.17, 15) is 13.2 Å². The predicted molar refractivity (Wildman–Crippen MR) is 58.4 cm³/mol. The van der Waals surface area contributed by atoms with Crippen molar-refractivity contribution < 1.29 is 13.2 Å². The van der Waals surface area contributed by atoms with Crippen LogP contribution in [0.1, 0.15) is 32.6 Å². The second kappa shape index (κ2) is 6.45.